The number of hydrogen-bond acceptors (Lipinski definition) is 1. The molecule has 3 aromatic rings. The van der Waals surface area contributed by atoms with E-state index in [1.54, 1.807) is 0 Å². The molecule has 120 valence electrons. The molecule has 2 heteroatoms. The second kappa shape index (κ2) is 7.14. The van der Waals surface area contributed by atoms with Gasteiger partial charge in [0, 0.05) is 5.56 Å². The van der Waals surface area contributed by atoms with Crippen molar-refractivity contribution < 1.29 is 4.79 Å². The molecule has 0 fully saturated rings. The van der Waals surface area contributed by atoms with Crippen molar-refractivity contribution in [3.63, 3.8) is 0 Å². The van der Waals surface area contributed by atoms with Crippen LogP contribution in [-0.2, 0) is 0 Å². The van der Waals surface area contributed by atoms with Gasteiger partial charge in [0.25, 0.3) is 5.91 Å². The van der Waals surface area contributed by atoms with E-state index in [9.17, 15) is 4.79 Å². The third kappa shape index (κ3) is 3.54. The van der Waals surface area contributed by atoms with Crippen LogP contribution in [0.1, 0.15) is 38.7 Å². The standard InChI is InChI=1S/C22H21NO/c1-16-12-14-19(15-13-16)21(18-9-4-3-5-10-18)23-22(24)20-11-7-6-8-17(20)2/h3-15,21H,1-2H3,(H,23,24)/t21-/m1/s1. The zero-order valence-electron chi connectivity index (χ0n) is 14.0. The summed E-state index contributed by atoms with van der Waals surface area (Å²) in [5.74, 6) is -0.0532. The minimum Gasteiger partial charge on any atom is -0.341 e. The topological polar surface area (TPSA) is 29.1 Å². The number of hydrogen-bond donors (Lipinski definition) is 1. The minimum atomic E-state index is -0.168. The summed E-state index contributed by atoms with van der Waals surface area (Å²) in [7, 11) is 0. The van der Waals surface area contributed by atoms with E-state index in [1.165, 1.54) is 5.56 Å². The largest absolute Gasteiger partial charge is 0.341 e. The highest BCUT2D eigenvalue weighted by Gasteiger charge is 2.18. The van der Waals surface area contributed by atoms with Crippen LogP contribution in [0.4, 0.5) is 0 Å². The van der Waals surface area contributed by atoms with Gasteiger partial charge >= 0.3 is 0 Å². The molecule has 0 aliphatic rings. The Balaban J connectivity index is 1.95. The van der Waals surface area contributed by atoms with Crippen LogP contribution >= 0.6 is 0 Å². The first-order valence-electron chi connectivity index (χ1n) is 8.13. The van der Waals surface area contributed by atoms with Crippen molar-refractivity contribution in [1.29, 1.82) is 0 Å². The van der Waals surface area contributed by atoms with Crippen LogP contribution in [0, 0.1) is 13.8 Å². The second-order valence-corrected chi connectivity index (χ2v) is 6.04. The highest BCUT2D eigenvalue weighted by molar-refractivity contribution is 5.96. The third-order valence-electron chi connectivity index (χ3n) is 4.21. The van der Waals surface area contributed by atoms with Gasteiger partial charge in [0.1, 0.15) is 0 Å². The van der Waals surface area contributed by atoms with Crippen molar-refractivity contribution in [2.45, 2.75) is 19.9 Å². The van der Waals surface area contributed by atoms with E-state index < -0.39 is 0 Å². The Kier molecular flexibility index (Phi) is 4.76. The molecule has 0 aliphatic carbocycles. The Labute approximate surface area is 143 Å². The lowest BCUT2D eigenvalue weighted by Gasteiger charge is -2.20. The summed E-state index contributed by atoms with van der Waals surface area (Å²) in [4.78, 5) is 12.8. The SMILES string of the molecule is Cc1ccc([C@H](NC(=O)c2ccccc2C)c2ccccc2)cc1. The highest BCUT2D eigenvalue weighted by atomic mass is 16.1. The third-order valence-corrected chi connectivity index (χ3v) is 4.21. The summed E-state index contributed by atoms with van der Waals surface area (Å²) in [6, 6.07) is 25.9. The molecule has 3 rings (SSSR count). The Hall–Kier alpha value is -2.87. The van der Waals surface area contributed by atoms with Gasteiger partial charge in [0.2, 0.25) is 0 Å². The van der Waals surface area contributed by atoms with E-state index in [4.69, 9.17) is 0 Å². The van der Waals surface area contributed by atoms with Crippen LogP contribution in [0.25, 0.3) is 0 Å². The first-order chi connectivity index (χ1) is 11.6. The van der Waals surface area contributed by atoms with Crippen molar-refractivity contribution in [1.82, 2.24) is 5.32 Å². The maximum Gasteiger partial charge on any atom is 0.252 e. The van der Waals surface area contributed by atoms with Gasteiger partial charge in [-0.3, -0.25) is 4.79 Å². The molecule has 0 radical (unpaired) electrons. The monoisotopic (exact) mass is 315 g/mol. The predicted molar refractivity (Wildman–Crippen MR) is 98.1 cm³/mol. The lowest BCUT2D eigenvalue weighted by Crippen LogP contribution is -2.29. The van der Waals surface area contributed by atoms with Gasteiger partial charge in [0.15, 0.2) is 0 Å². The van der Waals surface area contributed by atoms with Gasteiger partial charge in [-0.05, 0) is 36.6 Å². The number of benzene rings is 3. The smallest absolute Gasteiger partial charge is 0.252 e. The van der Waals surface area contributed by atoms with Gasteiger partial charge in [-0.15, -0.1) is 0 Å². The Morgan fingerprint density at radius 2 is 1.33 bits per heavy atom. The molecule has 0 heterocycles. The Morgan fingerprint density at radius 3 is 2.00 bits per heavy atom. The molecule has 24 heavy (non-hydrogen) atoms. The molecule has 0 bridgehead atoms. The summed E-state index contributed by atoms with van der Waals surface area (Å²) >= 11 is 0. The molecule has 2 nitrogen and oxygen atoms in total. The molecule has 0 unspecified atom stereocenters. The average molecular weight is 315 g/mol. The lowest BCUT2D eigenvalue weighted by molar-refractivity contribution is 0.0942. The van der Waals surface area contributed by atoms with Gasteiger partial charge < -0.3 is 5.32 Å². The zero-order valence-corrected chi connectivity index (χ0v) is 14.0. The van der Waals surface area contributed by atoms with Crippen molar-refractivity contribution >= 4 is 5.91 Å². The van der Waals surface area contributed by atoms with Gasteiger partial charge in [0.05, 0.1) is 6.04 Å². The molecule has 1 N–H and O–H groups in total. The molecular formula is C22H21NO. The molecule has 3 aromatic carbocycles. The van der Waals surface area contributed by atoms with Crippen molar-refractivity contribution in [2.24, 2.45) is 0 Å². The highest BCUT2D eigenvalue weighted by Crippen LogP contribution is 2.23. The number of aryl methyl sites for hydroxylation is 2. The van der Waals surface area contributed by atoms with Crippen molar-refractivity contribution in [2.75, 3.05) is 0 Å². The quantitative estimate of drug-likeness (QED) is 0.734. The van der Waals surface area contributed by atoms with Crippen LogP contribution < -0.4 is 5.32 Å². The first-order valence-corrected chi connectivity index (χ1v) is 8.13. The zero-order chi connectivity index (χ0) is 16.9. The molecule has 1 atom stereocenters. The van der Waals surface area contributed by atoms with Crippen LogP contribution in [0.15, 0.2) is 78.9 Å². The van der Waals surface area contributed by atoms with Crippen LogP contribution in [0.5, 0.6) is 0 Å². The molecule has 0 saturated carbocycles. The number of amides is 1. The Bertz CT molecular complexity index is 822. The van der Waals surface area contributed by atoms with Gasteiger partial charge in [-0.1, -0.05) is 78.4 Å². The lowest BCUT2D eigenvalue weighted by atomic mass is 9.97. The van der Waals surface area contributed by atoms with Crippen LogP contribution in [0.3, 0.4) is 0 Å². The Morgan fingerprint density at radius 1 is 0.750 bits per heavy atom. The maximum atomic E-state index is 12.8. The van der Waals surface area contributed by atoms with Crippen LogP contribution in [0.2, 0.25) is 0 Å². The molecular weight excluding hydrogens is 294 g/mol. The molecule has 0 aromatic heterocycles. The van der Waals surface area contributed by atoms with Crippen LogP contribution in [-0.4, -0.2) is 5.91 Å². The fraction of sp³-hybridized carbons (Fsp3) is 0.136. The fourth-order valence-corrected chi connectivity index (χ4v) is 2.80. The number of carbonyl (C=O) groups excluding carboxylic acids is 1. The average Bonchev–Trinajstić information content (AvgIpc) is 2.61. The first kappa shape index (κ1) is 16.0. The van der Waals surface area contributed by atoms with E-state index in [0.717, 1.165) is 16.7 Å². The van der Waals surface area contributed by atoms with E-state index >= 15 is 0 Å². The maximum absolute atomic E-state index is 12.8. The van der Waals surface area contributed by atoms with E-state index in [-0.39, 0.29) is 11.9 Å². The molecule has 0 aliphatic heterocycles. The minimum absolute atomic E-state index is 0.0532. The van der Waals surface area contributed by atoms with Gasteiger partial charge in [-0.2, -0.15) is 0 Å². The van der Waals surface area contributed by atoms with Gasteiger partial charge in [-0.25, -0.2) is 0 Å². The summed E-state index contributed by atoms with van der Waals surface area (Å²) in [6.45, 7) is 4.02. The number of carbonyl (C=O) groups is 1. The van der Waals surface area contributed by atoms with E-state index in [2.05, 4.69) is 36.5 Å². The summed E-state index contributed by atoms with van der Waals surface area (Å²) in [5.41, 5.74) is 5.05. The normalized spacial score (nSPS) is 11.8. The van der Waals surface area contributed by atoms with E-state index in [1.807, 2.05) is 61.5 Å². The molecule has 0 spiro atoms. The fourth-order valence-electron chi connectivity index (χ4n) is 2.80. The van der Waals surface area contributed by atoms with Crippen molar-refractivity contribution in [3.8, 4) is 0 Å². The second-order valence-electron chi connectivity index (χ2n) is 6.04. The van der Waals surface area contributed by atoms with E-state index in [0.29, 0.717) is 5.56 Å². The summed E-state index contributed by atoms with van der Waals surface area (Å²) in [5, 5.41) is 3.19. The predicted octanol–water partition coefficient (Wildman–Crippen LogP) is 4.82. The van der Waals surface area contributed by atoms with Crippen molar-refractivity contribution in [3.05, 3.63) is 107 Å². The number of nitrogens with one attached hydrogen (secondary N) is 1. The molecule has 0 saturated heterocycles. The summed E-state index contributed by atoms with van der Waals surface area (Å²) in [6.07, 6.45) is 0. The molecule has 1 amide bonds. The number of rotatable bonds is 4. The summed E-state index contributed by atoms with van der Waals surface area (Å²) < 4.78 is 0.